The summed E-state index contributed by atoms with van der Waals surface area (Å²) in [7, 11) is 1.56. The molecule has 29 heavy (non-hydrogen) atoms. The number of aliphatic hydroxyl groups excluding tert-OH is 1. The van der Waals surface area contributed by atoms with Crippen molar-refractivity contribution in [1.82, 2.24) is 0 Å². The van der Waals surface area contributed by atoms with Gasteiger partial charge in [0.2, 0.25) is 0 Å². The maximum Gasteiger partial charge on any atom is 0.303 e. The van der Waals surface area contributed by atoms with E-state index in [1.807, 2.05) is 0 Å². The third-order valence-electron chi connectivity index (χ3n) is 4.32. The molecule has 0 amide bonds. The molecule has 6 heteroatoms. The average molecular weight is 417 g/mol. The summed E-state index contributed by atoms with van der Waals surface area (Å²) in [5.41, 5.74) is 0. The maximum atomic E-state index is 10.3. The van der Waals surface area contributed by atoms with Crippen LogP contribution in [0.1, 0.15) is 97.3 Å². The number of aliphatic carboxylic acids is 1. The lowest BCUT2D eigenvalue weighted by Gasteiger charge is -2.07. The summed E-state index contributed by atoms with van der Waals surface area (Å²) in [6.07, 6.45) is 17.4. The fraction of sp³-hybridized carbons (Fsp3) is 0.826. The number of carboxylic acids is 1. The molecule has 0 aliphatic rings. The molecule has 0 aromatic heterocycles. The van der Waals surface area contributed by atoms with Crippen molar-refractivity contribution in [3.8, 4) is 0 Å². The number of methoxy groups -OCH3 is 1. The smallest absolute Gasteiger partial charge is 0.303 e. The first-order chi connectivity index (χ1) is 13.9. The van der Waals surface area contributed by atoms with Crippen LogP contribution in [0.4, 0.5) is 0 Å². The van der Waals surface area contributed by atoms with Gasteiger partial charge < -0.3 is 19.7 Å². The normalized spacial score (nSPS) is 11.7. The van der Waals surface area contributed by atoms with E-state index < -0.39 is 5.97 Å². The summed E-state index contributed by atoms with van der Waals surface area (Å²) in [5, 5.41) is 18.3. The molecule has 0 heterocycles. The second kappa shape index (κ2) is 24.6. The minimum atomic E-state index is -0.689. The van der Waals surface area contributed by atoms with E-state index in [1.54, 1.807) is 7.11 Å². The number of carboxylic acid groups (broad SMARTS) is 1. The van der Waals surface area contributed by atoms with Crippen LogP contribution in [0, 0.1) is 0 Å². The van der Waals surface area contributed by atoms with Gasteiger partial charge in [-0.25, -0.2) is 0 Å². The quantitative estimate of drug-likeness (QED) is 0.179. The SMILES string of the molecule is CCCCCCC(O)C/C=C\CCCCCCCC(=O)O.COCCOC(C)=O. The zero-order valence-corrected chi connectivity index (χ0v) is 18.9. The van der Waals surface area contributed by atoms with Gasteiger partial charge in [0.25, 0.3) is 0 Å². The van der Waals surface area contributed by atoms with Gasteiger partial charge in [-0.1, -0.05) is 64.0 Å². The third kappa shape index (κ3) is 31.5. The average Bonchev–Trinajstić information content (AvgIpc) is 2.67. The van der Waals surface area contributed by atoms with Crippen LogP contribution in [0.2, 0.25) is 0 Å². The van der Waals surface area contributed by atoms with Crippen molar-refractivity contribution < 1.29 is 29.3 Å². The molecule has 0 saturated carbocycles. The minimum Gasteiger partial charge on any atom is -0.481 e. The van der Waals surface area contributed by atoms with Crippen molar-refractivity contribution in [2.24, 2.45) is 0 Å². The summed E-state index contributed by atoms with van der Waals surface area (Å²) in [6, 6.07) is 0. The molecule has 172 valence electrons. The van der Waals surface area contributed by atoms with Crippen LogP contribution in [0.5, 0.6) is 0 Å². The van der Waals surface area contributed by atoms with Crippen molar-refractivity contribution in [2.75, 3.05) is 20.3 Å². The van der Waals surface area contributed by atoms with Gasteiger partial charge in [-0.05, 0) is 32.1 Å². The number of esters is 1. The lowest BCUT2D eigenvalue weighted by molar-refractivity contribution is -0.142. The predicted molar refractivity (Wildman–Crippen MR) is 117 cm³/mol. The molecule has 2 N–H and O–H groups in total. The molecule has 0 aromatic carbocycles. The molecule has 0 rings (SSSR count). The fourth-order valence-electron chi connectivity index (χ4n) is 2.63. The highest BCUT2D eigenvalue weighted by Crippen LogP contribution is 2.10. The molecule has 0 bridgehead atoms. The highest BCUT2D eigenvalue weighted by atomic mass is 16.6. The number of ether oxygens (including phenoxy) is 2. The lowest BCUT2D eigenvalue weighted by atomic mass is 10.1. The van der Waals surface area contributed by atoms with Gasteiger partial charge in [0.1, 0.15) is 6.61 Å². The number of aliphatic hydroxyl groups is 1. The van der Waals surface area contributed by atoms with Crippen LogP contribution in [-0.2, 0) is 19.1 Å². The number of carbonyl (C=O) groups excluding carboxylic acids is 1. The van der Waals surface area contributed by atoms with Crippen molar-refractivity contribution in [3.05, 3.63) is 12.2 Å². The Balaban J connectivity index is 0. The minimum absolute atomic E-state index is 0.172. The van der Waals surface area contributed by atoms with E-state index in [1.165, 1.54) is 32.6 Å². The summed E-state index contributed by atoms with van der Waals surface area (Å²) >= 11 is 0. The Labute approximate surface area is 177 Å². The molecule has 0 fully saturated rings. The van der Waals surface area contributed by atoms with E-state index in [0.717, 1.165) is 51.4 Å². The van der Waals surface area contributed by atoms with Crippen LogP contribution in [0.15, 0.2) is 12.2 Å². The van der Waals surface area contributed by atoms with E-state index in [4.69, 9.17) is 5.11 Å². The third-order valence-corrected chi connectivity index (χ3v) is 4.32. The number of hydrogen-bond acceptors (Lipinski definition) is 5. The standard InChI is InChI=1S/C18H34O3.C5H10O3/c1-2-3-4-11-14-17(19)15-12-9-7-5-6-8-10-13-16-18(20)21;1-5(6)8-4-3-7-2/h9,12,17,19H,2-8,10-11,13-16H2,1H3,(H,20,21);3-4H2,1-2H3/b12-9-;. The van der Waals surface area contributed by atoms with Crippen LogP contribution < -0.4 is 0 Å². The first kappa shape index (κ1) is 29.8. The zero-order valence-electron chi connectivity index (χ0n) is 18.9. The van der Waals surface area contributed by atoms with Crippen LogP contribution >= 0.6 is 0 Å². The van der Waals surface area contributed by atoms with Gasteiger partial charge in [0, 0.05) is 20.5 Å². The molecule has 0 radical (unpaired) electrons. The Morgan fingerprint density at radius 2 is 1.59 bits per heavy atom. The molecule has 0 aromatic rings. The number of rotatable bonds is 18. The summed E-state index contributed by atoms with van der Waals surface area (Å²) in [4.78, 5) is 20.4. The maximum absolute atomic E-state index is 10.3. The largest absolute Gasteiger partial charge is 0.481 e. The number of unbranched alkanes of at least 4 members (excludes halogenated alkanes) is 8. The van der Waals surface area contributed by atoms with E-state index in [0.29, 0.717) is 19.6 Å². The van der Waals surface area contributed by atoms with Crippen LogP contribution in [-0.4, -0.2) is 48.6 Å². The fourth-order valence-corrected chi connectivity index (χ4v) is 2.63. The topological polar surface area (TPSA) is 93.1 Å². The van der Waals surface area contributed by atoms with Gasteiger partial charge in [0.15, 0.2) is 0 Å². The van der Waals surface area contributed by atoms with Gasteiger partial charge >= 0.3 is 11.9 Å². The van der Waals surface area contributed by atoms with Crippen molar-refractivity contribution in [3.63, 3.8) is 0 Å². The number of hydrogen-bond donors (Lipinski definition) is 2. The highest BCUT2D eigenvalue weighted by molar-refractivity contribution is 5.66. The summed E-state index contributed by atoms with van der Waals surface area (Å²) in [5.74, 6) is -0.951. The van der Waals surface area contributed by atoms with Crippen molar-refractivity contribution in [1.29, 1.82) is 0 Å². The molecule has 6 nitrogen and oxygen atoms in total. The van der Waals surface area contributed by atoms with E-state index in [-0.39, 0.29) is 12.1 Å². The Hall–Kier alpha value is -1.40. The van der Waals surface area contributed by atoms with E-state index >= 15 is 0 Å². The first-order valence-electron chi connectivity index (χ1n) is 11.1. The Morgan fingerprint density at radius 1 is 0.931 bits per heavy atom. The lowest BCUT2D eigenvalue weighted by Crippen LogP contribution is -2.05. The van der Waals surface area contributed by atoms with Gasteiger partial charge in [0.05, 0.1) is 12.7 Å². The Kier molecular flexibility index (Phi) is 25.3. The van der Waals surface area contributed by atoms with E-state index in [9.17, 15) is 14.7 Å². The Morgan fingerprint density at radius 3 is 2.21 bits per heavy atom. The number of allylic oxidation sites excluding steroid dienone is 1. The first-order valence-corrected chi connectivity index (χ1v) is 11.1. The molecule has 0 aliphatic heterocycles. The molecule has 1 atom stereocenters. The molecular weight excluding hydrogens is 372 g/mol. The van der Waals surface area contributed by atoms with Crippen LogP contribution in [0.3, 0.4) is 0 Å². The molecule has 1 unspecified atom stereocenters. The second-order valence-corrected chi connectivity index (χ2v) is 7.24. The predicted octanol–water partition coefficient (Wildman–Crippen LogP) is 5.28. The Bertz CT molecular complexity index is 395. The summed E-state index contributed by atoms with van der Waals surface area (Å²) in [6.45, 7) is 4.40. The second-order valence-electron chi connectivity index (χ2n) is 7.24. The molecule has 0 saturated heterocycles. The van der Waals surface area contributed by atoms with Gasteiger partial charge in [-0.15, -0.1) is 0 Å². The van der Waals surface area contributed by atoms with Crippen molar-refractivity contribution >= 4 is 11.9 Å². The zero-order chi connectivity index (χ0) is 22.2. The van der Waals surface area contributed by atoms with E-state index in [2.05, 4.69) is 28.5 Å². The summed E-state index contributed by atoms with van der Waals surface area (Å²) < 4.78 is 9.13. The molecular formula is C23H44O6. The molecule has 0 aliphatic carbocycles. The number of carbonyl (C=O) groups is 2. The van der Waals surface area contributed by atoms with Crippen molar-refractivity contribution in [2.45, 2.75) is 103 Å². The molecule has 0 spiro atoms. The highest BCUT2D eigenvalue weighted by Gasteiger charge is 2.00. The monoisotopic (exact) mass is 416 g/mol. The van der Waals surface area contributed by atoms with Crippen LogP contribution in [0.25, 0.3) is 0 Å². The van der Waals surface area contributed by atoms with Gasteiger partial charge in [-0.2, -0.15) is 0 Å². The van der Waals surface area contributed by atoms with Gasteiger partial charge in [-0.3, -0.25) is 9.59 Å².